The van der Waals surface area contributed by atoms with Gasteiger partial charge in [-0.2, -0.15) is 5.26 Å². The Morgan fingerprint density at radius 2 is 1.96 bits per heavy atom. The molecule has 128 valence electrons. The second kappa shape index (κ2) is 7.65. The topological polar surface area (TPSA) is 61.0 Å². The number of aliphatic hydroxyl groups excluding tert-OH is 1. The molecule has 1 atom stereocenters. The molecule has 0 fully saturated rings. The largest absolute Gasteiger partial charge is 0.396 e. The normalized spacial score (nSPS) is 12.8. The third-order valence-corrected chi connectivity index (χ3v) is 4.97. The molecule has 1 heterocycles. The second-order valence-electron chi connectivity index (χ2n) is 7.05. The van der Waals surface area contributed by atoms with Gasteiger partial charge in [0.25, 0.3) is 0 Å². The highest BCUT2D eigenvalue weighted by Gasteiger charge is 2.29. The Kier molecular flexibility index (Phi) is 5.82. The Morgan fingerprint density at radius 3 is 2.50 bits per heavy atom. The summed E-state index contributed by atoms with van der Waals surface area (Å²) in [4.78, 5) is 0. The van der Waals surface area contributed by atoms with Gasteiger partial charge in [0.2, 0.25) is 0 Å². The molecule has 0 radical (unpaired) electrons. The average molecular weight is 325 g/mol. The van der Waals surface area contributed by atoms with Gasteiger partial charge in [-0.25, -0.2) is 0 Å². The average Bonchev–Trinajstić information content (AvgIpc) is 2.87. The van der Waals surface area contributed by atoms with Gasteiger partial charge in [-0.1, -0.05) is 44.2 Å². The monoisotopic (exact) mass is 325 g/mol. The molecule has 0 aliphatic carbocycles. The predicted octanol–water partition coefficient (Wildman–Crippen LogP) is 3.10. The van der Waals surface area contributed by atoms with Crippen molar-refractivity contribution in [2.45, 2.75) is 33.2 Å². The molecule has 4 nitrogen and oxygen atoms in total. The first-order valence-electron chi connectivity index (χ1n) is 8.32. The van der Waals surface area contributed by atoms with Crippen LogP contribution in [0.2, 0.25) is 0 Å². The molecule has 2 N–H and O–H groups in total. The molecule has 0 aliphatic rings. The van der Waals surface area contributed by atoms with E-state index in [1.807, 2.05) is 42.8 Å². The van der Waals surface area contributed by atoms with Gasteiger partial charge in [-0.3, -0.25) is 0 Å². The van der Waals surface area contributed by atoms with Crippen molar-refractivity contribution in [2.24, 2.45) is 12.5 Å². The molecule has 0 bridgehead atoms. The van der Waals surface area contributed by atoms with E-state index in [9.17, 15) is 5.11 Å². The maximum Gasteiger partial charge on any atom is 0.120 e. The number of hydrogen-bond acceptors (Lipinski definition) is 3. The number of rotatable bonds is 7. The van der Waals surface area contributed by atoms with Crippen LogP contribution < -0.4 is 5.32 Å². The number of nitrogens with zero attached hydrogens (tertiary/aromatic N) is 2. The number of aromatic nitrogens is 1. The minimum atomic E-state index is -0.210. The van der Waals surface area contributed by atoms with Gasteiger partial charge < -0.3 is 15.0 Å². The van der Waals surface area contributed by atoms with Crippen molar-refractivity contribution in [3.05, 3.63) is 58.9 Å². The Morgan fingerprint density at radius 1 is 1.29 bits per heavy atom. The van der Waals surface area contributed by atoms with Gasteiger partial charge in [-0.05, 0) is 29.5 Å². The van der Waals surface area contributed by atoms with E-state index in [4.69, 9.17) is 5.26 Å². The van der Waals surface area contributed by atoms with Crippen molar-refractivity contribution >= 4 is 0 Å². The van der Waals surface area contributed by atoms with E-state index < -0.39 is 0 Å². The first-order chi connectivity index (χ1) is 11.4. The zero-order valence-corrected chi connectivity index (χ0v) is 15.0. The molecule has 4 heteroatoms. The van der Waals surface area contributed by atoms with Crippen LogP contribution in [0.1, 0.15) is 42.3 Å². The number of aliphatic hydroxyl groups is 1. The SMILES string of the molecule is Cc1c(CNCC(c2ccccc2)C(C)(C)CO)cc(C#N)n1C. The van der Waals surface area contributed by atoms with Crippen LogP contribution in [-0.2, 0) is 13.6 Å². The highest BCUT2D eigenvalue weighted by Crippen LogP contribution is 2.34. The molecule has 2 rings (SSSR count). The van der Waals surface area contributed by atoms with Crippen molar-refractivity contribution in [3.63, 3.8) is 0 Å². The van der Waals surface area contributed by atoms with Gasteiger partial charge in [0.1, 0.15) is 11.8 Å². The van der Waals surface area contributed by atoms with Gasteiger partial charge in [-0.15, -0.1) is 0 Å². The Balaban J connectivity index is 2.11. The van der Waals surface area contributed by atoms with Crippen molar-refractivity contribution in [1.82, 2.24) is 9.88 Å². The highest BCUT2D eigenvalue weighted by molar-refractivity contribution is 5.34. The summed E-state index contributed by atoms with van der Waals surface area (Å²) in [6.45, 7) is 7.84. The fraction of sp³-hybridized carbons (Fsp3) is 0.450. The lowest BCUT2D eigenvalue weighted by molar-refractivity contribution is 0.129. The molecule has 1 aromatic carbocycles. The van der Waals surface area contributed by atoms with Crippen LogP contribution in [-0.4, -0.2) is 22.8 Å². The summed E-state index contributed by atoms with van der Waals surface area (Å²) in [6, 6.07) is 14.5. The van der Waals surface area contributed by atoms with Crippen LogP contribution in [0, 0.1) is 23.7 Å². The molecule has 24 heavy (non-hydrogen) atoms. The molecule has 2 aromatic rings. The summed E-state index contributed by atoms with van der Waals surface area (Å²) in [6.07, 6.45) is 0. The Hall–Kier alpha value is -2.09. The van der Waals surface area contributed by atoms with E-state index in [2.05, 4.69) is 37.4 Å². The molecule has 1 unspecified atom stereocenters. The van der Waals surface area contributed by atoms with Crippen molar-refractivity contribution < 1.29 is 5.11 Å². The van der Waals surface area contributed by atoms with Crippen LogP contribution in [0.4, 0.5) is 0 Å². The number of nitrogens with one attached hydrogen (secondary N) is 1. The lowest BCUT2D eigenvalue weighted by Crippen LogP contribution is -2.34. The summed E-state index contributed by atoms with van der Waals surface area (Å²) in [7, 11) is 1.92. The van der Waals surface area contributed by atoms with E-state index in [0.29, 0.717) is 12.2 Å². The summed E-state index contributed by atoms with van der Waals surface area (Å²) in [5, 5.41) is 22.4. The third kappa shape index (κ3) is 3.87. The smallest absolute Gasteiger partial charge is 0.120 e. The Bertz CT molecular complexity index is 710. The van der Waals surface area contributed by atoms with Crippen LogP contribution in [0.3, 0.4) is 0 Å². The first-order valence-corrected chi connectivity index (χ1v) is 8.32. The van der Waals surface area contributed by atoms with Crippen molar-refractivity contribution in [2.75, 3.05) is 13.2 Å². The highest BCUT2D eigenvalue weighted by atomic mass is 16.3. The maximum atomic E-state index is 9.79. The summed E-state index contributed by atoms with van der Waals surface area (Å²) in [5.41, 5.74) is 3.95. The summed E-state index contributed by atoms with van der Waals surface area (Å²) < 4.78 is 1.92. The summed E-state index contributed by atoms with van der Waals surface area (Å²) >= 11 is 0. The van der Waals surface area contributed by atoms with E-state index in [1.54, 1.807) is 0 Å². The van der Waals surface area contributed by atoms with Gasteiger partial charge in [0, 0.05) is 38.4 Å². The Labute approximate surface area is 144 Å². The van der Waals surface area contributed by atoms with E-state index >= 15 is 0 Å². The number of benzene rings is 1. The fourth-order valence-corrected chi connectivity index (χ4v) is 3.04. The van der Waals surface area contributed by atoms with E-state index in [1.165, 1.54) is 5.56 Å². The summed E-state index contributed by atoms with van der Waals surface area (Å²) in [5.74, 6) is 0.211. The van der Waals surface area contributed by atoms with Crippen molar-refractivity contribution in [1.29, 1.82) is 5.26 Å². The van der Waals surface area contributed by atoms with Crippen LogP contribution >= 0.6 is 0 Å². The molecule has 0 saturated carbocycles. The van der Waals surface area contributed by atoms with Gasteiger partial charge in [0.05, 0.1) is 0 Å². The van der Waals surface area contributed by atoms with Crippen LogP contribution in [0.25, 0.3) is 0 Å². The molecule has 0 aliphatic heterocycles. The van der Waals surface area contributed by atoms with Crippen molar-refractivity contribution in [3.8, 4) is 6.07 Å². The standard InChI is InChI=1S/C20H27N3O/c1-15-17(10-18(11-21)23(15)4)12-22-13-19(20(2,3)14-24)16-8-6-5-7-9-16/h5-10,19,22,24H,12-14H2,1-4H3. The fourth-order valence-electron chi connectivity index (χ4n) is 3.04. The minimum Gasteiger partial charge on any atom is -0.396 e. The van der Waals surface area contributed by atoms with E-state index in [0.717, 1.165) is 17.8 Å². The number of nitriles is 1. The second-order valence-corrected chi connectivity index (χ2v) is 7.05. The van der Waals surface area contributed by atoms with Crippen LogP contribution in [0.15, 0.2) is 36.4 Å². The zero-order valence-electron chi connectivity index (χ0n) is 15.0. The third-order valence-electron chi connectivity index (χ3n) is 4.97. The molecule has 0 amide bonds. The minimum absolute atomic E-state index is 0.136. The first kappa shape index (κ1) is 18.3. The number of hydrogen-bond donors (Lipinski definition) is 2. The lowest BCUT2D eigenvalue weighted by Gasteiger charge is -2.33. The molecule has 0 saturated heterocycles. The quantitative estimate of drug-likeness (QED) is 0.822. The van der Waals surface area contributed by atoms with Gasteiger partial charge in [0.15, 0.2) is 0 Å². The van der Waals surface area contributed by atoms with E-state index in [-0.39, 0.29) is 17.9 Å². The predicted molar refractivity (Wildman–Crippen MR) is 96.6 cm³/mol. The van der Waals surface area contributed by atoms with Crippen LogP contribution in [0.5, 0.6) is 0 Å². The molecule has 1 aromatic heterocycles. The molecular weight excluding hydrogens is 298 g/mol. The molecular formula is C20H27N3O. The molecule has 0 spiro atoms. The van der Waals surface area contributed by atoms with Gasteiger partial charge >= 0.3 is 0 Å². The zero-order chi connectivity index (χ0) is 17.7. The lowest BCUT2D eigenvalue weighted by atomic mass is 9.75. The maximum absolute atomic E-state index is 9.79.